The molecule has 150 valence electrons. The van der Waals surface area contributed by atoms with E-state index in [1.165, 1.54) is 0 Å². The van der Waals surface area contributed by atoms with Crippen LogP contribution in [0.1, 0.15) is 25.3 Å². The van der Waals surface area contributed by atoms with E-state index in [-0.39, 0.29) is 6.61 Å². The Kier molecular flexibility index (Phi) is 7.39. The summed E-state index contributed by atoms with van der Waals surface area (Å²) in [6.07, 6.45) is 1.17. The second kappa shape index (κ2) is 9.98. The van der Waals surface area contributed by atoms with Crippen molar-refractivity contribution < 1.29 is 18.9 Å². The Morgan fingerprint density at radius 3 is 1.83 bits per heavy atom. The summed E-state index contributed by atoms with van der Waals surface area (Å²) in [6.45, 7) is 2.24. The van der Waals surface area contributed by atoms with E-state index in [1.54, 1.807) is 24.3 Å². The molecular weight excluding hydrogens is 382 g/mol. The van der Waals surface area contributed by atoms with Gasteiger partial charge in [-0.25, -0.2) is 4.39 Å². The maximum absolute atomic E-state index is 15.8. The standard InChI is InChI=1S/C23H26BFO3Si/c1-2-9-23(25)29(21-10-5-3-6-11-21,22-12-7-4-8-13-22)28-18-19-14-16-20(17-15-19)24(26)27/h3-8,10-17,23,26-27H,2,9,18H2,1H3. The van der Waals surface area contributed by atoms with Gasteiger partial charge in [0, 0.05) is 0 Å². The highest BCUT2D eigenvalue weighted by atomic mass is 28.4. The quantitative estimate of drug-likeness (QED) is 0.535. The summed E-state index contributed by atoms with van der Waals surface area (Å²) in [6, 6.07) is 26.3. The van der Waals surface area contributed by atoms with Crippen molar-refractivity contribution in [2.75, 3.05) is 0 Å². The van der Waals surface area contributed by atoms with Crippen LogP contribution in [0.2, 0.25) is 0 Å². The van der Waals surface area contributed by atoms with Crippen molar-refractivity contribution in [2.24, 2.45) is 0 Å². The molecule has 0 amide bonds. The van der Waals surface area contributed by atoms with Crippen molar-refractivity contribution in [3.8, 4) is 0 Å². The molecule has 1 atom stereocenters. The van der Waals surface area contributed by atoms with E-state index in [1.807, 2.05) is 67.6 Å². The van der Waals surface area contributed by atoms with Crippen LogP contribution in [0.3, 0.4) is 0 Å². The van der Waals surface area contributed by atoms with Crippen molar-refractivity contribution >= 4 is 31.3 Å². The van der Waals surface area contributed by atoms with Crippen LogP contribution in [-0.4, -0.2) is 31.3 Å². The van der Waals surface area contributed by atoms with Crippen molar-refractivity contribution in [3.05, 3.63) is 90.5 Å². The molecule has 3 rings (SSSR count). The van der Waals surface area contributed by atoms with Gasteiger partial charge >= 0.3 is 7.12 Å². The molecule has 0 aliphatic rings. The van der Waals surface area contributed by atoms with Gasteiger partial charge in [0.05, 0.1) is 6.61 Å². The Balaban J connectivity index is 2.01. The van der Waals surface area contributed by atoms with Gasteiger partial charge in [0.15, 0.2) is 0 Å². The maximum Gasteiger partial charge on any atom is 0.488 e. The summed E-state index contributed by atoms with van der Waals surface area (Å²) >= 11 is 0. The molecule has 1 unspecified atom stereocenters. The molecule has 0 bridgehead atoms. The third-order valence-electron chi connectivity index (χ3n) is 5.13. The molecule has 0 aromatic heterocycles. The molecule has 3 nitrogen and oxygen atoms in total. The smallest absolute Gasteiger partial charge is 0.423 e. The highest BCUT2D eigenvalue weighted by molar-refractivity contribution is 6.98. The summed E-state index contributed by atoms with van der Waals surface area (Å²) in [5.74, 6) is -1.09. The third-order valence-corrected chi connectivity index (χ3v) is 9.29. The van der Waals surface area contributed by atoms with Crippen molar-refractivity contribution in [3.63, 3.8) is 0 Å². The predicted octanol–water partition coefficient (Wildman–Crippen LogP) is 2.32. The second-order valence-corrected chi connectivity index (χ2v) is 10.7. The van der Waals surface area contributed by atoms with Crippen molar-refractivity contribution in [1.82, 2.24) is 0 Å². The predicted molar refractivity (Wildman–Crippen MR) is 119 cm³/mol. The van der Waals surface area contributed by atoms with Crippen molar-refractivity contribution in [1.29, 1.82) is 0 Å². The van der Waals surface area contributed by atoms with Gasteiger partial charge in [-0.15, -0.1) is 0 Å². The summed E-state index contributed by atoms with van der Waals surface area (Å²) in [7, 11) is -4.66. The first-order chi connectivity index (χ1) is 14.1. The van der Waals surface area contributed by atoms with Gasteiger partial charge in [-0.05, 0) is 27.8 Å². The van der Waals surface area contributed by atoms with Crippen LogP contribution in [0.15, 0.2) is 84.9 Å². The molecule has 0 saturated carbocycles. The van der Waals surface area contributed by atoms with Crippen LogP contribution < -0.4 is 15.8 Å². The first-order valence-electron chi connectivity index (χ1n) is 9.92. The lowest BCUT2D eigenvalue weighted by molar-refractivity contribution is 0.261. The number of benzene rings is 3. The topological polar surface area (TPSA) is 49.7 Å². The van der Waals surface area contributed by atoms with Crippen LogP contribution in [0.25, 0.3) is 0 Å². The number of hydrogen-bond acceptors (Lipinski definition) is 3. The Hall–Kier alpha value is -2.25. The zero-order valence-electron chi connectivity index (χ0n) is 16.5. The lowest BCUT2D eigenvalue weighted by Gasteiger charge is -2.35. The molecule has 2 N–H and O–H groups in total. The van der Waals surface area contributed by atoms with Gasteiger partial charge in [-0.2, -0.15) is 0 Å². The molecule has 0 radical (unpaired) electrons. The monoisotopic (exact) mass is 408 g/mol. The van der Waals surface area contributed by atoms with E-state index in [0.29, 0.717) is 11.9 Å². The molecule has 0 aliphatic heterocycles. The van der Waals surface area contributed by atoms with Gasteiger partial charge in [-0.1, -0.05) is 98.3 Å². The highest BCUT2D eigenvalue weighted by Crippen LogP contribution is 2.21. The van der Waals surface area contributed by atoms with Gasteiger partial charge in [0.25, 0.3) is 8.32 Å². The van der Waals surface area contributed by atoms with E-state index in [9.17, 15) is 10.0 Å². The van der Waals surface area contributed by atoms with E-state index >= 15 is 4.39 Å². The number of halogens is 1. The Bertz CT molecular complexity index is 836. The maximum atomic E-state index is 15.8. The van der Waals surface area contributed by atoms with Crippen LogP contribution in [0.5, 0.6) is 0 Å². The summed E-state index contributed by atoms with van der Waals surface area (Å²) in [5, 5.41) is 20.4. The molecule has 0 saturated heterocycles. The zero-order chi connectivity index (χ0) is 20.7. The molecule has 0 heterocycles. The van der Waals surface area contributed by atoms with E-state index in [0.717, 1.165) is 22.4 Å². The molecule has 3 aromatic rings. The van der Waals surface area contributed by atoms with Gasteiger partial charge in [0.2, 0.25) is 0 Å². The third kappa shape index (κ3) is 4.85. The normalized spacial score (nSPS) is 12.6. The zero-order valence-corrected chi connectivity index (χ0v) is 17.5. The minimum Gasteiger partial charge on any atom is -0.423 e. The summed E-state index contributed by atoms with van der Waals surface area (Å²) < 4.78 is 22.4. The first-order valence-corrected chi connectivity index (χ1v) is 11.9. The lowest BCUT2D eigenvalue weighted by atomic mass is 9.80. The fourth-order valence-electron chi connectivity index (χ4n) is 3.60. The summed E-state index contributed by atoms with van der Waals surface area (Å²) in [5.41, 5.74) is 1.28. The summed E-state index contributed by atoms with van der Waals surface area (Å²) in [4.78, 5) is 0. The Labute approximate surface area is 173 Å². The molecule has 0 aliphatic carbocycles. The molecule has 0 spiro atoms. The minimum absolute atomic E-state index is 0.252. The van der Waals surface area contributed by atoms with Gasteiger partial charge in [0.1, 0.15) is 5.79 Å². The SMILES string of the molecule is CCCC(F)[Si](OCc1ccc(B(O)O)cc1)(c1ccccc1)c1ccccc1. The molecule has 3 aromatic carbocycles. The van der Waals surface area contributed by atoms with Crippen molar-refractivity contribution in [2.45, 2.75) is 32.2 Å². The van der Waals surface area contributed by atoms with Crippen LogP contribution >= 0.6 is 0 Å². The second-order valence-electron chi connectivity index (χ2n) is 7.13. The average molecular weight is 408 g/mol. The lowest BCUT2D eigenvalue weighted by Crippen LogP contribution is -2.67. The van der Waals surface area contributed by atoms with E-state index < -0.39 is 21.2 Å². The van der Waals surface area contributed by atoms with Gasteiger partial charge < -0.3 is 14.5 Å². The highest BCUT2D eigenvalue weighted by Gasteiger charge is 2.47. The van der Waals surface area contributed by atoms with E-state index in [2.05, 4.69) is 0 Å². The van der Waals surface area contributed by atoms with E-state index in [4.69, 9.17) is 4.43 Å². The molecular formula is C23H26BFO3Si. The largest absolute Gasteiger partial charge is 0.488 e. The van der Waals surface area contributed by atoms with Gasteiger partial charge in [-0.3, -0.25) is 0 Å². The Morgan fingerprint density at radius 1 is 0.862 bits per heavy atom. The number of hydrogen-bond donors (Lipinski definition) is 2. The fraction of sp³-hybridized carbons (Fsp3) is 0.217. The average Bonchev–Trinajstić information content (AvgIpc) is 2.76. The molecule has 29 heavy (non-hydrogen) atoms. The minimum atomic E-state index is -3.16. The molecule has 6 heteroatoms. The van der Waals surface area contributed by atoms with Crippen LogP contribution in [0, 0.1) is 0 Å². The van der Waals surface area contributed by atoms with Crippen LogP contribution in [0.4, 0.5) is 4.39 Å². The first kappa shape index (κ1) is 21.5. The van der Waals surface area contributed by atoms with Crippen LogP contribution in [-0.2, 0) is 11.0 Å². The number of rotatable bonds is 9. The number of alkyl halides is 1. The fourth-order valence-corrected chi connectivity index (χ4v) is 7.63. The Morgan fingerprint density at radius 2 is 1.38 bits per heavy atom. The molecule has 0 fully saturated rings.